The van der Waals surface area contributed by atoms with Gasteiger partial charge in [0.05, 0.1) is 0 Å². The van der Waals surface area contributed by atoms with Crippen LogP contribution >= 0.6 is 0 Å². The van der Waals surface area contributed by atoms with Gasteiger partial charge in [0.15, 0.2) is 0 Å². The van der Waals surface area contributed by atoms with Crippen LogP contribution in [0, 0.1) is 0 Å². The minimum absolute atomic E-state index is 0.0727. The number of aromatic nitrogens is 1. The van der Waals surface area contributed by atoms with Gasteiger partial charge in [-0.15, -0.1) is 0 Å². The first-order valence-corrected chi connectivity index (χ1v) is 8.24. The highest BCUT2D eigenvalue weighted by molar-refractivity contribution is 5.63. The molecule has 0 bridgehead atoms. The molecule has 1 atom stereocenters. The van der Waals surface area contributed by atoms with Crippen LogP contribution in [-0.2, 0) is 6.54 Å². The number of nitrogens with one attached hydrogen (secondary N) is 1. The molecule has 1 N–H and O–H groups in total. The lowest BCUT2D eigenvalue weighted by atomic mass is 10.0. The Kier molecular flexibility index (Phi) is 5.59. The minimum atomic E-state index is 0.0727. The molecule has 2 aromatic carbocycles. The van der Waals surface area contributed by atoms with Crippen molar-refractivity contribution in [2.75, 3.05) is 6.54 Å². The van der Waals surface area contributed by atoms with Gasteiger partial charge in [-0.3, -0.25) is 0 Å². The summed E-state index contributed by atoms with van der Waals surface area (Å²) >= 11 is 0. The van der Waals surface area contributed by atoms with Gasteiger partial charge >= 0.3 is 0 Å². The van der Waals surface area contributed by atoms with Crippen LogP contribution in [0.3, 0.4) is 0 Å². The van der Waals surface area contributed by atoms with Crippen molar-refractivity contribution >= 4 is 0 Å². The molecule has 0 aliphatic heterocycles. The summed E-state index contributed by atoms with van der Waals surface area (Å²) in [7, 11) is 0. The maximum atomic E-state index is 5.76. The second kappa shape index (κ2) is 8.27. The lowest BCUT2D eigenvalue weighted by molar-refractivity contribution is 0.208. The van der Waals surface area contributed by atoms with Crippen molar-refractivity contribution in [2.24, 2.45) is 0 Å². The molecular weight excluding hydrogens is 296 g/mol. The van der Waals surface area contributed by atoms with Crippen molar-refractivity contribution in [2.45, 2.75) is 19.6 Å². The molecule has 3 rings (SSSR count). The number of ether oxygens (including phenoxy) is 1. The lowest BCUT2D eigenvalue weighted by Gasteiger charge is -2.14. The number of nitrogens with zero attached hydrogens (tertiary/aromatic N) is 1. The van der Waals surface area contributed by atoms with Crippen LogP contribution in [-0.4, -0.2) is 17.6 Å². The molecule has 0 unspecified atom stereocenters. The van der Waals surface area contributed by atoms with Crippen LogP contribution in [0.5, 0.6) is 5.88 Å². The van der Waals surface area contributed by atoms with Crippen LogP contribution in [0.1, 0.15) is 12.5 Å². The summed E-state index contributed by atoms with van der Waals surface area (Å²) in [5.74, 6) is 0.666. The van der Waals surface area contributed by atoms with Crippen molar-refractivity contribution in [1.82, 2.24) is 10.3 Å². The summed E-state index contributed by atoms with van der Waals surface area (Å²) in [6.07, 6.45) is 1.81. The molecular formula is C21H22N2O. The Balaban J connectivity index is 1.47. The monoisotopic (exact) mass is 318 g/mol. The van der Waals surface area contributed by atoms with E-state index in [-0.39, 0.29) is 6.10 Å². The summed E-state index contributed by atoms with van der Waals surface area (Å²) in [5.41, 5.74) is 3.75. The normalized spacial score (nSPS) is 11.9. The molecule has 1 aromatic heterocycles. The van der Waals surface area contributed by atoms with E-state index in [4.69, 9.17) is 4.74 Å². The van der Waals surface area contributed by atoms with Crippen molar-refractivity contribution in [1.29, 1.82) is 0 Å². The maximum absolute atomic E-state index is 5.76. The zero-order valence-corrected chi connectivity index (χ0v) is 13.9. The van der Waals surface area contributed by atoms with Crippen molar-refractivity contribution in [3.8, 4) is 17.0 Å². The van der Waals surface area contributed by atoms with E-state index < -0.39 is 0 Å². The molecule has 0 spiro atoms. The van der Waals surface area contributed by atoms with Gasteiger partial charge in [-0.05, 0) is 29.7 Å². The smallest absolute Gasteiger partial charge is 0.213 e. The van der Waals surface area contributed by atoms with E-state index in [0.29, 0.717) is 5.88 Å². The third kappa shape index (κ3) is 4.67. The van der Waals surface area contributed by atoms with Crippen LogP contribution in [0.15, 0.2) is 79.0 Å². The topological polar surface area (TPSA) is 34.1 Å². The summed E-state index contributed by atoms with van der Waals surface area (Å²) in [6.45, 7) is 3.64. The Morgan fingerprint density at radius 3 is 2.29 bits per heavy atom. The predicted octanol–water partition coefficient (Wildman–Crippen LogP) is 4.31. The highest BCUT2D eigenvalue weighted by atomic mass is 16.5. The van der Waals surface area contributed by atoms with Crippen molar-refractivity contribution in [3.05, 3.63) is 84.6 Å². The number of hydrogen-bond donors (Lipinski definition) is 1. The third-order valence-corrected chi connectivity index (χ3v) is 3.78. The highest BCUT2D eigenvalue weighted by Gasteiger charge is 2.04. The Morgan fingerprint density at radius 2 is 1.58 bits per heavy atom. The van der Waals surface area contributed by atoms with E-state index in [2.05, 4.69) is 58.8 Å². The van der Waals surface area contributed by atoms with Crippen molar-refractivity contribution < 1.29 is 4.74 Å². The van der Waals surface area contributed by atoms with Crippen LogP contribution < -0.4 is 10.1 Å². The average Bonchev–Trinajstić information content (AvgIpc) is 2.64. The Hall–Kier alpha value is -2.65. The molecule has 0 aliphatic rings. The number of pyridine rings is 1. The van der Waals surface area contributed by atoms with Crippen LogP contribution in [0.4, 0.5) is 0 Å². The second-order valence-corrected chi connectivity index (χ2v) is 5.79. The van der Waals surface area contributed by atoms with E-state index in [0.717, 1.165) is 13.1 Å². The fourth-order valence-corrected chi connectivity index (χ4v) is 2.53. The molecule has 3 heteroatoms. The lowest BCUT2D eigenvalue weighted by Crippen LogP contribution is -2.28. The van der Waals surface area contributed by atoms with Crippen LogP contribution in [0.25, 0.3) is 11.1 Å². The first-order valence-electron chi connectivity index (χ1n) is 8.24. The predicted molar refractivity (Wildman–Crippen MR) is 97.9 cm³/mol. The Morgan fingerprint density at radius 1 is 0.875 bits per heavy atom. The largest absolute Gasteiger partial charge is 0.473 e. The molecule has 0 saturated heterocycles. The maximum Gasteiger partial charge on any atom is 0.213 e. The van der Waals surface area contributed by atoms with Gasteiger partial charge < -0.3 is 10.1 Å². The van der Waals surface area contributed by atoms with Gasteiger partial charge in [0.25, 0.3) is 0 Å². The van der Waals surface area contributed by atoms with E-state index in [9.17, 15) is 0 Å². The molecule has 0 fully saturated rings. The molecule has 1 heterocycles. The highest BCUT2D eigenvalue weighted by Crippen LogP contribution is 2.19. The standard InChI is InChI=1S/C21H22N2O/c1-17(24-21-9-5-6-14-23-21)15-22-16-18-10-12-20(13-11-18)19-7-3-2-4-8-19/h2-14,17,22H,15-16H2,1H3/t17-/m1/s1. The quantitative estimate of drug-likeness (QED) is 0.705. The van der Waals surface area contributed by atoms with Gasteiger partial charge in [-0.1, -0.05) is 60.7 Å². The second-order valence-electron chi connectivity index (χ2n) is 5.79. The van der Waals surface area contributed by atoms with Gasteiger partial charge in [0, 0.05) is 25.4 Å². The molecule has 24 heavy (non-hydrogen) atoms. The first kappa shape index (κ1) is 16.2. The van der Waals surface area contributed by atoms with Gasteiger partial charge in [-0.2, -0.15) is 0 Å². The van der Waals surface area contributed by atoms with Gasteiger partial charge in [0.1, 0.15) is 6.10 Å². The number of hydrogen-bond acceptors (Lipinski definition) is 3. The fourth-order valence-electron chi connectivity index (χ4n) is 2.53. The van der Waals surface area contributed by atoms with E-state index in [1.165, 1.54) is 16.7 Å². The zero-order valence-electron chi connectivity index (χ0n) is 13.9. The van der Waals surface area contributed by atoms with Gasteiger partial charge in [0.2, 0.25) is 5.88 Å². The number of benzene rings is 2. The van der Waals surface area contributed by atoms with Crippen molar-refractivity contribution in [3.63, 3.8) is 0 Å². The first-order chi connectivity index (χ1) is 11.8. The fraction of sp³-hybridized carbons (Fsp3) is 0.190. The Bertz CT molecular complexity index is 727. The van der Waals surface area contributed by atoms with E-state index >= 15 is 0 Å². The van der Waals surface area contributed by atoms with E-state index in [1.54, 1.807) is 6.20 Å². The minimum Gasteiger partial charge on any atom is -0.473 e. The summed E-state index contributed by atoms with van der Waals surface area (Å²) < 4.78 is 5.76. The van der Waals surface area contributed by atoms with Crippen LogP contribution in [0.2, 0.25) is 0 Å². The zero-order chi connectivity index (χ0) is 16.6. The summed E-state index contributed by atoms with van der Waals surface area (Å²) in [5, 5.41) is 3.43. The average molecular weight is 318 g/mol. The summed E-state index contributed by atoms with van der Waals surface area (Å²) in [4.78, 5) is 4.17. The molecule has 122 valence electrons. The molecule has 0 radical (unpaired) electrons. The molecule has 0 saturated carbocycles. The van der Waals surface area contributed by atoms with E-state index in [1.807, 2.05) is 31.2 Å². The molecule has 0 aliphatic carbocycles. The number of rotatable bonds is 7. The Labute approximate surface area is 143 Å². The molecule has 3 nitrogen and oxygen atoms in total. The van der Waals surface area contributed by atoms with Gasteiger partial charge in [-0.25, -0.2) is 4.98 Å². The summed E-state index contributed by atoms with van der Waals surface area (Å²) in [6, 6.07) is 24.8. The third-order valence-electron chi connectivity index (χ3n) is 3.78. The molecule has 0 amide bonds. The SMILES string of the molecule is C[C@H](CNCc1ccc(-c2ccccc2)cc1)Oc1ccccn1. The molecule has 3 aromatic rings.